The highest BCUT2D eigenvalue weighted by Crippen LogP contribution is 2.13. The van der Waals surface area contributed by atoms with Crippen molar-refractivity contribution in [3.63, 3.8) is 0 Å². The van der Waals surface area contributed by atoms with E-state index in [1.54, 1.807) is 4.90 Å². The molecule has 0 aliphatic heterocycles. The van der Waals surface area contributed by atoms with Gasteiger partial charge in [0.2, 0.25) is 17.7 Å². The van der Waals surface area contributed by atoms with Crippen LogP contribution >= 0.6 is 0 Å². The van der Waals surface area contributed by atoms with E-state index in [4.69, 9.17) is 5.11 Å². The van der Waals surface area contributed by atoms with Gasteiger partial charge >= 0.3 is 5.97 Å². The lowest BCUT2D eigenvalue weighted by molar-refractivity contribution is -0.141. The molecule has 0 bridgehead atoms. The summed E-state index contributed by atoms with van der Waals surface area (Å²) in [6, 6.07) is 0. The molecule has 34 heavy (non-hydrogen) atoms. The largest absolute Gasteiger partial charge is 0.481 e. The monoisotopic (exact) mass is 483 g/mol. The lowest BCUT2D eigenvalue weighted by atomic mass is 9.98. The van der Waals surface area contributed by atoms with Crippen LogP contribution in [0.4, 0.5) is 0 Å². The lowest BCUT2D eigenvalue weighted by Gasteiger charge is -2.23. The number of nitrogens with one attached hydrogen (secondary N) is 2. The maximum Gasteiger partial charge on any atom is 0.303 e. The molecule has 0 heterocycles. The molecule has 0 fully saturated rings. The van der Waals surface area contributed by atoms with Gasteiger partial charge in [-0.25, -0.2) is 0 Å². The van der Waals surface area contributed by atoms with Crippen molar-refractivity contribution in [3.8, 4) is 0 Å². The number of hydrogen-bond acceptors (Lipinski definition) is 4. The number of carboxylic acids is 1. The van der Waals surface area contributed by atoms with Crippen molar-refractivity contribution < 1.29 is 24.3 Å². The van der Waals surface area contributed by atoms with E-state index in [0.717, 1.165) is 51.4 Å². The first-order chi connectivity index (χ1) is 16.3. The quantitative estimate of drug-likeness (QED) is 0.212. The molecule has 0 spiro atoms. The summed E-state index contributed by atoms with van der Waals surface area (Å²) in [6.07, 6.45) is 8.58. The highest BCUT2D eigenvalue weighted by Gasteiger charge is 2.18. The second kappa shape index (κ2) is 20.3. The standard InChI is InChI=1S/C26H49N3O5/c1-5-9-13-21(7-3)25(33)27-17-11-19-29(23(30)15-16-24(31)32)20-12-18-28-26(34)22(8-4)14-10-6-2/h21-22H,5-20H2,1-4H3,(H,27,33)(H,28,34)(H,31,32). The van der Waals surface area contributed by atoms with E-state index in [1.807, 2.05) is 13.8 Å². The zero-order valence-electron chi connectivity index (χ0n) is 22.0. The number of amides is 3. The predicted molar refractivity (Wildman–Crippen MR) is 135 cm³/mol. The Balaban J connectivity index is 4.58. The van der Waals surface area contributed by atoms with Crippen LogP contribution in [0.3, 0.4) is 0 Å². The number of nitrogens with zero attached hydrogens (tertiary/aromatic N) is 1. The highest BCUT2D eigenvalue weighted by atomic mass is 16.4. The smallest absolute Gasteiger partial charge is 0.303 e. The molecule has 0 aromatic rings. The Labute approximate surface area is 206 Å². The first-order valence-corrected chi connectivity index (χ1v) is 13.3. The molecular formula is C26H49N3O5. The molecule has 0 aliphatic rings. The van der Waals surface area contributed by atoms with E-state index in [0.29, 0.717) is 39.0 Å². The number of carbonyl (C=O) groups excluding carboxylic acids is 3. The Hall–Kier alpha value is -2.12. The second-order valence-corrected chi connectivity index (χ2v) is 9.06. The van der Waals surface area contributed by atoms with Crippen molar-refractivity contribution in [2.75, 3.05) is 26.2 Å². The molecule has 198 valence electrons. The summed E-state index contributed by atoms with van der Waals surface area (Å²) in [7, 11) is 0. The van der Waals surface area contributed by atoms with Crippen molar-refractivity contribution in [2.45, 2.75) is 105 Å². The van der Waals surface area contributed by atoms with E-state index in [1.165, 1.54) is 0 Å². The number of rotatable bonds is 21. The molecule has 0 radical (unpaired) electrons. The molecule has 0 aromatic heterocycles. The van der Waals surface area contributed by atoms with Crippen LogP contribution in [0.1, 0.15) is 105 Å². The van der Waals surface area contributed by atoms with Crippen LogP contribution in [0.15, 0.2) is 0 Å². The summed E-state index contributed by atoms with van der Waals surface area (Å²) in [5, 5.41) is 14.9. The van der Waals surface area contributed by atoms with Gasteiger partial charge in [0, 0.05) is 44.4 Å². The molecule has 0 rings (SSSR count). The van der Waals surface area contributed by atoms with Crippen molar-refractivity contribution in [1.29, 1.82) is 0 Å². The van der Waals surface area contributed by atoms with Gasteiger partial charge in [0.05, 0.1) is 6.42 Å². The Morgan fingerprint density at radius 2 is 1.15 bits per heavy atom. The van der Waals surface area contributed by atoms with Crippen LogP contribution in [0.25, 0.3) is 0 Å². The van der Waals surface area contributed by atoms with E-state index in [-0.39, 0.29) is 42.4 Å². The molecule has 0 aromatic carbocycles. The molecule has 8 heteroatoms. The third-order valence-corrected chi connectivity index (χ3v) is 6.25. The molecule has 2 atom stereocenters. The Bertz CT molecular complexity index is 561. The normalized spacial score (nSPS) is 12.6. The van der Waals surface area contributed by atoms with Crippen molar-refractivity contribution in [2.24, 2.45) is 11.8 Å². The third kappa shape index (κ3) is 14.9. The number of aliphatic carboxylic acids is 1. The highest BCUT2D eigenvalue weighted by molar-refractivity contribution is 5.81. The molecule has 0 saturated heterocycles. The first kappa shape index (κ1) is 31.9. The zero-order chi connectivity index (χ0) is 25.8. The van der Waals surface area contributed by atoms with Gasteiger partial charge in [-0.15, -0.1) is 0 Å². The van der Waals surface area contributed by atoms with Crippen molar-refractivity contribution >= 4 is 23.7 Å². The maximum atomic E-state index is 12.5. The molecule has 8 nitrogen and oxygen atoms in total. The number of unbranched alkanes of at least 4 members (excludes halogenated alkanes) is 2. The van der Waals surface area contributed by atoms with Gasteiger partial charge < -0.3 is 20.6 Å². The van der Waals surface area contributed by atoms with Gasteiger partial charge in [-0.2, -0.15) is 0 Å². The number of carbonyl (C=O) groups is 4. The van der Waals surface area contributed by atoms with E-state index >= 15 is 0 Å². The number of hydrogen-bond donors (Lipinski definition) is 3. The summed E-state index contributed by atoms with van der Waals surface area (Å²) in [6.45, 7) is 10.1. The van der Waals surface area contributed by atoms with Crippen molar-refractivity contribution in [3.05, 3.63) is 0 Å². The summed E-state index contributed by atoms with van der Waals surface area (Å²) in [5.74, 6) is -1.01. The SMILES string of the molecule is CCCCC(CC)C(=O)NCCCN(CCCNC(=O)C(CC)CCCC)C(=O)CCC(=O)O. The van der Waals surface area contributed by atoms with Crippen LogP contribution in [-0.4, -0.2) is 59.9 Å². The van der Waals surface area contributed by atoms with Gasteiger partial charge in [-0.05, 0) is 38.5 Å². The van der Waals surface area contributed by atoms with Crippen LogP contribution < -0.4 is 10.6 Å². The minimum atomic E-state index is -0.997. The third-order valence-electron chi connectivity index (χ3n) is 6.25. The van der Waals surface area contributed by atoms with Crippen LogP contribution in [0.5, 0.6) is 0 Å². The van der Waals surface area contributed by atoms with Gasteiger partial charge in [0.15, 0.2) is 0 Å². The average Bonchev–Trinajstić information content (AvgIpc) is 2.82. The minimum absolute atomic E-state index is 0.0288. The van der Waals surface area contributed by atoms with E-state index < -0.39 is 5.97 Å². The van der Waals surface area contributed by atoms with Gasteiger partial charge in [0.1, 0.15) is 0 Å². The summed E-state index contributed by atoms with van der Waals surface area (Å²) >= 11 is 0. The second-order valence-electron chi connectivity index (χ2n) is 9.06. The van der Waals surface area contributed by atoms with E-state index in [2.05, 4.69) is 24.5 Å². The molecule has 3 amide bonds. The van der Waals surface area contributed by atoms with E-state index in [9.17, 15) is 19.2 Å². The van der Waals surface area contributed by atoms with Gasteiger partial charge in [-0.3, -0.25) is 19.2 Å². The zero-order valence-corrected chi connectivity index (χ0v) is 22.0. The fraction of sp³-hybridized carbons (Fsp3) is 0.846. The maximum absolute atomic E-state index is 12.5. The fourth-order valence-corrected chi connectivity index (χ4v) is 3.93. The Morgan fingerprint density at radius 3 is 1.50 bits per heavy atom. The van der Waals surface area contributed by atoms with Gasteiger partial charge in [0.25, 0.3) is 0 Å². The predicted octanol–water partition coefficient (Wildman–Crippen LogP) is 4.13. The minimum Gasteiger partial charge on any atom is -0.481 e. The topological polar surface area (TPSA) is 116 Å². The summed E-state index contributed by atoms with van der Waals surface area (Å²) in [4.78, 5) is 49.8. The Kier molecular flexibility index (Phi) is 19.0. The van der Waals surface area contributed by atoms with Crippen LogP contribution in [0, 0.1) is 11.8 Å². The molecule has 0 aliphatic carbocycles. The van der Waals surface area contributed by atoms with Crippen LogP contribution in [-0.2, 0) is 19.2 Å². The average molecular weight is 484 g/mol. The fourth-order valence-electron chi connectivity index (χ4n) is 3.93. The Morgan fingerprint density at radius 1 is 0.706 bits per heavy atom. The van der Waals surface area contributed by atoms with Crippen LogP contribution in [0.2, 0.25) is 0 Å². The molecule has 0 saturated carbocycles. The molecular weight excluding hydrogens is 434 g/mol. The molecule has 3 N–H and O–H groups in total. The summed E-state index contributed by atoms with van der Waals surface area (Å²) in [5.41, 5.74) is 0. The van der Waals surface area contributed by atoms with Crippen molar-refractivity contribution in [1.82, 2.24) is 15.5 Å². The first-order valence-electron chi connectivity index (χ1n) is 13.3. The lowest BCUT2D eigenvalue weighted by Crippen LogP contribution is -2.38. The number of carboxylic acid groups (broad SMARTS) is 1. The van der Waals surface area contributed by atoms with Gasteiger partial charge in [-0.1, -0.05) is 53.4 Å². The molecule has 2 unspecified atom stereocenters. The summed E-state index contributed by atoms with van der Waals surface area (Å²) < 4.78 is 0.